The summed E-state index contributed by atoms with van der Waals surface area (Å²) in [6, 6.07) is 0. The van der Waals surface area contributed by atoms with Crippen molar-refractivity contribution in [3.63, 3.8) is 0 Å². The van der Waals surface area contributed by atoms with Crippen LogP contribution < -0.4 is 0 Å². The topological polar surface area (TPSA) is 60.2 Å². The van der Waals surface area contributed by atoms with Gasteiger partial charge in [-0.25, -0.2) is 0 Å². The summed E-state index contributed by atoms with van der Waals surface area (Å²) in [5, 5.41) is 11.0. The predicted octanol–water partition coefficient (Wildman–Crippen LogP) is 5.51. The van der Waals surface area contributed by atoms with Crippen molar-refractivity contribution in [2.24, 2.45) is 0 Å². The van der Waals surface area contributed by atoms with E-state index >= 15 is 0 Å². The third kappa shape index (κ3) is 13.5. The molecule has 0 aromatic rings. The van der Waals surface area contributed by atoms with Crippen molar-refractivity contribution in [2.45, 2.75) is 84.0 Å². The summed E-state index contributed by atoms with van der Waals surface area (Å²) in [5.74, 6) is 0. The molecule has 0 rings (SSSR count). The van der Waals surface area contributed by atoms with Gasteiger partial charge in [0.05, 0.1) is 11.3 Å². The molecule has 4 nitrogen and oxygen atoms in total. The molecule has 22 heavy (non-hydrogen) atoms. The number of hydrogen-bond acceptors (Lipinski definition) is 3. The molecule has 0 fully saturated rings. The first-order valence-electron chi connectivity index (χ1n) is 8.55. The minimum absolute atomic E-state index is 0.268. The van der Waals surface area contributed by atoms with E-state index in [2.05, 4.69) is 13.0 Å². The van der Waals surface area contributed by atoms with Gasteiger partial charge < -0.3 is 0 Å². The number of unbranched alkanes of at least 4 members (excludes halogenated alkanes) is 9. The second-order valence-electron chi connectivity index (χ2n) is 5.57. The molecule has 0 spiro atoms. The van der Waals surface area contributed by atoms with Gasteiger partial charge in [0, 0.05) is 6.42 Å². The van der Waals surface area contributed by atoms with E-state index in [4.69, 9.17) is 0 Å². The lowest BCUT2D eigenvalue weighted by Crippen LogP contribution is -1.97. The minimum Gasteiger partial charge on any atom is -0.291 e. The zero-order valence-corrected chi connectivity index (χ0v) is 13.9. The largest absolute Gasteiger partial charge is 0.291 e. The van der Waals surface area contributed by atoms with Gasteiger partial charge in [0.2, 0.25) is 5.70 Å². The van der Waals surface area contributed by atoms with E-state index in [1.165, 1.54) is 12.8 Å². The molecule has 0 aromatic heterocycles. The molecule has 1 radical (unpaired) electrons. The van der Waals surface area contributed by atoms with Crippen LogP contribution in [-0.4, -0.2) is 11.2 Å². The van der Waals surface area contributed by atoms with E-state index in [9.17, 15) is 14.9 Å². The van der Waals surface area contributed by atoms with E-state index in [1.807, 2.05) is 12.4 Å². The highest BCUT2D eigenvalue weighted by Crippen LogP contribution is 2.11. The normalized spacial score (nSPS) is 12.0. The van der Waals surface area contributed by atoms with Crippen molar-refractivity contribution in [1.29, 1.82) is 0 Å². The van der Waals surface area contributed by atoms with Gasteiger partial charge in [-0.2, -0.15) is 0 Å². The fourth-order valence-electron chi connectivity index (χ4n) is 2.21. The summed E-state index contributed by atoms with van der Waals surface area (Å²) in [6.45, 7) is 2.16. The van der Waals surface area contributed by atoms with Crippen molar-refractivity contribution in [3.05, 3.63) is 34.0 Å². The first-order valence-corrected chi connectivity index (χ1v) is 8.55. The molecule has 0 atom stereocenters. The van der Waals surface area contributed by atoms with Crippen LogP contribution in [-0.2, 0) is 4.79 Å². The van der Waals surface area contributed by atoms with E-state index in [0.717, 1.165) is 51.4 Å². The van der Waals surface area contributed by atoms with Crippen LogP contribution in [0, 0.1) is 10.1 Å². The quantitative estimate of drug-likeness (QED) is 0.173. The van der Waals surface area contributed by atoms with Crippen LogP contribution in [0.4, 0.5) is 0 Å². The predicted molar refractivity (Wildman–Crippen MR) is 91.0 cm³/mol. The lowest BCUT2D eigenvalue weighted by molar-refractivity contribution is -0.427. The second-order valence-corrected chi connectivity index (χ2v) is 5.57. The maximum atomic E-state index is 11.0. The van der Waals surface area contributed by atoms with Crippen LogP contribution in [0.1, 0.15) is 84.0 Å². The number of carbonyl (C=O) groups excluding carboxylic acids is 1. The van der Waals surface area contributed by atoms with Crippen LogP contribution in [0.3, 0.4) is 0 Å². The maximum Gasteiger partial charge on any atom is 0.246 e. The second kappa shape index (κ2) is 15.9. The van der Waals surface area contributed by atoms with Crippen molar-refractivity contribution >= 4 is 6.29 Å². The van der Waals surface area contributed by atoms with Crippen LogP contribution >= 0.6 is 0 Å². The van der Waals surface area contributed by atoms with Crippen LogP contribution in [0.5, 0.6) is 0 Å². The Bertz CT molecular complexity index is 348. The Morgan fingerprint density at radius 3 is 2.36 bits per heavy atom. The molecule has 0 saturated heterocycles. The van der Waals surface area contributed by atoms with E-state index in [1.54, 1.807) is 6.08 Å². The molecule has 0 N–H and O–H groups in total. The zero-order valence-electron chi connectivity index (χ0n) is 13.9. The fourth-order valence-corrected chi connectivity index (χ4v) is 2.21. The molecule has 125 valence electrons. The third-order valence-electron chi connectivity index (χ3n) is 3.57. The van der Waals surface area contributed by atoms with E-state index in [-0.39, 0.29) is 4.92 Å². The smallest absolute Gasteiger partial charge is 0.246 e. The van der Waals surface area contributed by atoms with Gasteiger partial charge in [0.1, 0.15) is 0 Å². The number of rotatable bonds is 15. The average molecular weight is 308 g/mol. The Labute approximate surface area is 134 Å². The first-order chi connectivity index (χ1) is 10.7. The first kappa shape index (κ1) is 20.6. The van der Waals surface area contributed by atoms with Crippen molar-refractivity contribution in [1.82, 2.24) is 0 Å². The Hall–Kier alpha value is -1.45. The fraction of sp³-hybridized carbons (Fsp3) is 0.722. The number of nitro groups is 1. The summed E-state index contributed by atoms with van der Waals surface area (Å²) in [5.41, 5.74) is 0.308. The van der Waals surface area contributed by atoms with Gasteiger partial charge in [-0.3, -0.25) is 14.9 Å². The molecule has 0 unspecified atom stereocenters. The molecule has 0 heterocycles. The van der Waals surface area contributed by atoms with Crippen molar-refractivity contribution in [2.75, 3.05) is 0 Å². The standard InChI is InChI=1S/C18H30NO3/c1-2-3-4-5-9-12-15-18(19(21)22)16-13-10-7-6-8-11-14-17-20/h9,12,16H,2-8,10-11,13-15H2,1H3/b12-9+,18-16-. The number of nitrogens with zero attached hydrogens (tertiary/aromatic N) is 1. The summed E-state index contributed by atoms with van der Waals surface area (Å²) in [4.78, 5) is 20.7. The molecule has 0 aliphatic rings. The molecule has 0 aromatic carbocycles. The van der Waals surface area contributed by atoms with E-state index < -0.39 is 0 Å². The Balaban J connectivity index is 3.82. The highest BCUT2D eigenvalue weighted by atomic mass is 16.6. The molecule has 0 bridgehead atoms. The van der Waals surface area contributed by atoms with E-state index in [0.29, 0.717) is 18.5 Å². The highest BCUT2D eigenvalue weighted by molar-refractivity contribution is 5.50. The number of allylic oxidation sites excluding steroid dienone is 3. The zero-order chi connectivity index (χ0) is 16.5. The van der Waals surface area contributed by atoms with Gasteiger partial charge >= 0.3 is 0 Å². The van der Waals surface area contributed by atoms with Crippen LogP contribution in [0.25, 0.3) is 0 Å². The summed E-state index contributed by atoms with van der Waals surface area (Å²) >= 11 is 0. The lowest BCUT2D eigenvalue weighted by Gasteiger charge is -1.98. The van der Waals surface area contributed by atoms with Crippen LogP contribution in [0.2, 0.25) is 0 Å². The summed E-state index contributed by atoms with van der Waals surface area (Å²) in [7, 11) is 0. The molecular formula is C18H30NO3. The van der Waals surface area contributed by atoms with Gasteiger partial charge in [-0.1, -0.05) is 51.2 Å². The molecular weight excluding hydrogens is 278 g/mol. The van der Waals surface area contributed by atoms with Crippen molar-refractivity contribution in [3.8, 4) is 0 Å². The molecule has 0 amide bonds. The lowest BCUT2D eigenvalue weighted by atomic mass is 10.1. The highest BCUT2D eigenvalue weighted by Gasteiger charge is 2.06. The molecule has 0 saturated carbocycles. The Morgan fingerprint density at radius 2 is 1.68 bits per heavy atom. The third-order valence-corrected chi connectivity index (χ3v) is 3.57. The number of hydrogen-bond donors (Lipinski definition) is 0. The Morgan fingerprint density at radius 1 is 1.00 bits per heavy atom. The summed E-state index contributed by atoms with van der Waals surface area (Å²) < 4.78 is 0. The maximum absolute atomic E-state index is 11.0. The molecule has 0 aliphatic heterocycles. The van der Waals surface area contributed by atoms with Gasteiger partial charge in [-0.15, -0.1) is 0 Å². The molecule has 4 heteroatoms. The summed E-state index contributed by atoms with van der Waals surface area (Å²) in [6.07, 6.45) is 19.0. The monoisotopic (exact) mass is 308 g/mol. The van der Waals surface area contributed by atoms with Gasteiger partial charge in [0.25, 0.3) is 0 Å². The van der Waals surface area contributed by atoms with Crippen molar-refractivity contribution < 1.29 is 9.72 Å². The molecule has 0 aliphatic carbocycles. The van der Waals surface area contributed by atoms with Gasteiger partial charge in [0.15, 0.2) is 6.29 Å². The SMILES string of the molecule is CCCCC/C=C/C/C(=C/CCCCCCC[C]=O)[N+](=O)[O-]. The van der Waals surface area contributed by atoms with Gasteiger partial charge in [-0.05, 0) is 38.2 Å². The Kier molecular flexibility index (Phi) is 14.9. The average Bonchev–Trinajstić information content (AvgIpc) is 2.50. The minimum atomic E-state index is -0.268. The van der Waals surface area contributed by atoms with Crippen LogP contribution in [0.15, 0.2) is 23.9 Å².